The quantitative estimate of drug-likeness (QED) is 0.282. The minimum atomic E-state index is -1.40. The maximum absolute atomic E-state index is 12.3. The minimum Gasteiger partial charge on any atom is -0.465 e. The molecule has 21 heavy (non-hydrogen) atoms. The van der Waals surface area contributed by atoms with Crippen molar-refractivity contribution in [3.05, 3.63) is 12.3 Å². The molecule has 0 aromatic rings. The number of cyclic esters (lactones) is 1. The standard InChI is InChI=1S/C13H21N3O4S/c1-5-19-9(17)13(6-8(2)15-16-11(14)21)7-12(3,4)20-10(13)18/h15H,2,5-7H2,1,3-4H3,(H3,14,16,21). The third kappa shape index (κ3) is 4.07. The fourth-order valence-electron chi connectivity index (χ4n) is 2.37. The number of carbonyl (C=O) groups is 2. The van der Waals surface area contributed by atoms with E-state index in [0.717, 1.165) is 0 Å². The number of hydrazine groups is 1. The number of carbonyl (C=O) groups excluding carboxylic acids is 2. The maximum Gasteiger partial charge on any atom is 0.324 e. The van der Waals surface area contributed by atoms with Crippen molar-refractivity contribution in [2.24, 2.45) is 11.1 Å². The summed E-state index contributed by atoms with van der Waals surface area (Å²) in [5.41, 5.74) is 8.69. The number of thiocarbonyl (C=S) groups is 1. The second-order valence-corrected chi connectivity index (χ2v) is 5.96. The molecule has 1 atom stereocenters. The van der Waals surface area contributed by atoms with Crippen molar-refractivity contribution in [1.29, 1.82) is 0 Å². The molecule has 0 saturated carbocycles. The van der Waals surface area contributed by atoms with Gasteiger partial charge in [-0.05, 0) is 33.0 Å². The second-order valence-electron chi connectivity index (χ2n) is 5.52. The van der Waals surface area contributed by atoms with Crippen LogP contribution in [0.15, 0.2) is 12.3 Å². The highest BCUT2D eigenvalue weighted by Gasteiger charge is 2.59. The van der Waals surface area contributed by atoms with E-state index in [2.05, 4.69) is 29.6 Å². The zero-order valence-electron chi connectivity index (χ0n) is 12.4. The highest BCUT2D eigenvalue weighted by atomic mass is 32.1. The molecule has 0 radical (unpaired) electrons. The van der Waals surface area contributed by atoms with Crippen LogP contribution in [0.25, 0.3) is 0 Å². The molecule has 7 nitrogen and oxygen atoms in total. The van der Waals surface area contributed by atoms with Crippen LogP contribution in [-0.2, 0) is 19.1 Å². The normalized spacial score (nSPS) is 23.1. The van der Waals surface area contributed by atoms with E-state index < -0.39 is 23.0 Å². The van der Waals surface area contributed by atoms with Crippen LogP contribution in [0.3, 0.4) is 0 Å². The molecule has 0 amide bonds. The third-order valence-electron chi connectivity index (χ3n) is 3.03. The van der Waals surface area contributed by atoms with Gasteiger partial charge in [-0.15, -0.1) is 0 Å². The topological polar surface area (TPSA) is 103 Å². The van der Waals surface area contributed by atoms with Gasteiger partial charge in [0.1, 0.15) is 5.60 Å². The van der Waals surface area contributed by atoms with Crippen LogP contribution >= 0.6 is 12.2 Å². The third-order valence-corrected chi connectivity index (χ3v) is 3.13. The molecule has 0 aromatic carbocycles. The van der Waals surface area contributed by atoms with E-state index in [0.29, 0.717) is 5.70 Å². The van der Waals surface area contributed by atoms with Crippen molar-refractivity contribution in [3.63, 3.8) is 0 Å². The van der Waals surface area contributed by atoms with E-state index in [1.54, 1.807) is 20.8 Å². The number of ether oxygens (including phenoxy) is 2. The lowest BCUT2D eigenvalue weighted by Gasteiger charge is -2.24. The van der Waals surface area contributed by atoms with Gasteiger partial charge < -0.3 is 20.6 Å². The fraction of sp³-hybridized carbons (Fsp3) is 0.615. The van der Waals surface area contributed by atoms with Crippen molar-refractivity contribution in [2.45, 2.75) is 39.2 Å². The van der Waals surface area contributed by atoms with Gasteiger partial charge in [0.25, 0.3) is 0 Å². The lowest BCUT2D eigenvalue weighted by molar-refractivity contribution is -0.165. The lowest BCUT2D eigenvalue weighted by atomic mass is 9.78. The zero-order valence-corrected chi connectivity index (χ0v) is 13.3. The Hall–Kier alpha value is -1.83. The van der Waals surface area contributed by atoms with E-state index >= 15 is 0 Å². The van der Waals surface area contributed by atoms with Gasteiger partial charge in [-0.3, -0.25) is 15.0 Å². The number of hydrogen-bond acceptors (Lipinski definition) is 6. The highest BCUT2D eigenvalue weighted by molar-refractivity contribution is 7.80. The molecule has 1 saturated heterocycles. The molecule has 118 valence electrons. The SMILES string of the molecule is C=C(CC1(C(=O)OCC)CC(C)(C)OC1=O)NNC(N)=S. The summed E-state index contributed by atoms with van der Waals surface area (Å²) in [7, 11) is 0. The van der Waals surface area contributed by atoms with Gasteiger partial charge >= 0.3 is 11.9 Å². The Morgan fingerprint density at radius 2 is 2.14 bits per heavy atom. The minimum absolute atomic E-state index is 0.0238. The molecule has 1 aliphatic rings. The Morgan fingerprint density at radius 3 is 2.57 bits per heavy atom. The number of nitrogens with two attached hydrogens (primary N) is 1. The van der Waals surface area contributed by atoms with Crippen LogP contribution < -0.4 is 16.6 Å². The fourth-order valence-corrected chi connectivity index (χ4v) is 2.42. The first-order chi connectivity index (χ1) is 9.63. The number of allylic oxidation sites excluding steroid dienone is 1. The molecule has 0 spiro atoms. The number of nitrogens with one attached hydrogen (secondary N) is 2. The molecule has 1 fully saturated rings. The molecule has 8 heteroatoms. The first-order valence-corrected chi connectivity index (χ1v) is 6.94. The summed E-state index contributed by atoms with van der Waals surface area (Å²) >= 11 is 4.66. The summed E-state index contributed by atoms with van der Waals surface area (Å²) < 4.78 is 10.3. The average Bonchev–Trinajstić information content (AvgIpc) is 2.57. The molecular formula is C13H21N3O4S. The molecule has 0 aromatic heterocycles. The Morgan fingerprint density at radius 1 is 1.52 bits per heavy atom. The highest BCUT2D eigenvalue weighted by Crippen LogP contribution is 2.45. The van der Waals surface area contributed by atoms with Crippen LogP contribution in [0.4, 0.5) is 0 Å². The summed E-state index contributed by atoms with van der Waals surface area (Å²) in [5.74, 6) is -1.22. The number of hydrogen-bond donors (Lipinski definition) is 3. The largest absolute Gasteiger partial charge is 0.465 e. The molecular weight excluding hydrogens is 294 g/mol. The van der Waals surface area contributed by atoms with Crippen molar-refractivity contribution in [1.82, 2.24) is 10.9 Å². The monoisotopic (exact) mass is 315 g/mol. The van der Waals surface area contributed by atoms with Crippen molar-refractivity contribution in [3.8, 4) is 0 Å². The molecule has 1 rings (SSSR count). The van der Waals surface area contributed by atoms with Crippen molar-refractivity contribution in [2.75, 3.05) is 6.61 Å². The zero-order chi connectivity index (χ0) is 16.3. The van der Waals surface area contributed by atoms with Crippen LogP contribution in [0, 0.1) is 5.41 Å². The van der Waals surface area contributed by atoms with Gasteiger partial charge in [0.2, 0.25) is 0 Å². The summed E-state index contributed by atoms with van der Waals surface area (Å²) in [6.07, 6.45) is 0.245. The van der Waals surface area contributed by atoms with Crippen molar-refractivity contribution < 1.29 is 19.1 Å². The number of rotatable bonds is 6. The predicted octanol–water partition coefficient (Wildman–Crippen LogP) is 0.503. The van der Waals surface area contributed by atoms with E-state index in [1.807, 2.05) is 0 Å². The molecule has 1 heterocycles. The van der Waals surface area contributed by atoms with Gasteiger partial charge in [-0.1, -0.05) is 6.58 Å². The van der Waals surface area contributed by atoms with Crippen LogP contribution in [-0.4, -0.2) is 29.3 Å². The molecule has 0 bridgehead atoms. The summed E-state index contributed by atoms with van der Waals surface area (Å²) in [4.78, 5) is 24.5. The number of esters is 2. The van der Waals surface area contributed by atoms with Crippen LogP contribution in [0.1, 0.15) is 33.6 Å². The Kier molecular flexibility index (Phi) is 5.16. The lowest BCUT2D eigenvalue weighted by Crippen LogP contribution is -2.44. The molecule has 1 unspecified atom stereocenters. The Balaban J connectivity index is 2.94. The average molecular weight is 315 g/mol. The van der Waals surface area contributed by atoms with E-state index in [9.17, 15) is 9.59 Å². The van der Waals surface area contributed by atoms with E-state index in [-0.39, 0.29) is 24.6 Å². The van der Waals surface area contributed by atoms with Crippen LogP contribution in [0.5, 0.6) is 0 Å². The molecule has 4 N–H and O–H groups in total. The predicted molar refractivity (Wildman–Crippen MR) is 80.7 cm³/mol. The van der Waals surface area contributed by atoms with Gasteiger partial charge in [0.05, 0.1) is 6.61 Å². The first kappa shape index (κ1) is 17.2. The van der Waals surface area contributed by atoms with Gasteiger partial charge in [0.15, 0.2) is 10.5 Å². The Labute approximate surface area is 129 Å². The maximum atomic E-state index is 12.3. The van der Waals surface area contributed by atoms with Crippen LogP contribution in [0.2, 0.25) is 0 Å². The van der Waals surface area contributed by atoms with E-state index in [4.69, 9.17) is 15.2 Å². The van der Waals surface area contributed by atoms with Gasteiger partial charge in [-0.25, -0.2) is 0 Å². The van der Waals surface area contributed by atoms with Crippen molar-refractivity contribution >= 4 is 29.3 Å². The summed E-state index contributed by atoms with van der Waals surface area (Å²) in [6, 6.07) is 0. The molecule has 0 aliphatic carbocycles. The smallest absolute Gasteiger partial charge is 0.324 e. The first-order valence-electron chi connectivity index (χ1n) is 6.53. The Bertz CT molecular complexity index is 478. The summed E-state index contributed by atoms with van der Waals surface area (Å²) in [5, 5.41) is 0.0238. The van der Waals surface area contributed by atoms with Gasteiger partial charge in [-0.2, -0.15) is 0 Å². The second kappa shape index (κ2) is 6.30. The summed E-state index contributed by atoms with van der Waals surface area (Å²) in [6.45, 7) is 9.11. The molecule has 1 aliphatic heterocycles. The van der Waals surface area contributed by atoms with Gasteiger partial charge in [0, 0.05) is 18.5 Å². The van der Waals surface area contributed by atoms with E-state index in [1.165, 1.54) is 0 Å².